The number of rotatable bonds is 3. The van der Waals surface area contributed by atoms with Gasteiger partial charge in [0.1, 0.15) is 0 Å². The van der Waals surface area contributed by atoms with Crippen molar-refractivity contribution in [1.29, 1.82) is 0 Å². The lowest BCUT2D eigenvalue weighted by Gasteiger charge is -2.41. The van der Waals surface area contributed by atoms with E-state index in [2.05, 4.69) is 10.2 Å². The number of likely N-dealkylation sites (tertiary alicyclic amines) is 1. The van der Waals surface area contributed by atoms with E-state index in [9.17, 15) is 9.90 Å². The van der Waals surface area contributed by atoms with Crippen LogP contribution in [0, 0.1) is 13.8 Å². The minimum absolute atomic E-state index is 0.0722. The third-order valence-corrected chi connectivity index (χ3v) is 6.28. The highest BCUT2D eigenvalue weighted by molar-refractivity contribution is 7.12. The van der Waals surface area contributed by atoms with E-state index < -0.39 is 0 Å². The number of thiophene rings is 1. The molecule has 1 aromatic heterocycles. The number of carbonyl (C=O) groups excluding carboxylic acids is 1. The molecule has 0 aromatic carbocycles. The number of nitrogens with zero attached hydrogens (tertiary/aromatic N) is 1. The van der Waals surface area contributed by atoms with Gasteiger partial charge in [-0.1, -0.05) is 12.8 Å². The molecular formula is C18H28N2O2S. The molecule has 1 aromatic rings. The number of carbonyl (C=O) groups is 1. The van der Waals surface area contributed by atoms with Crippen LogP contribution in [-0.2, 0) is 0 Å². The van der Waals surface area contributed by atoms with Crippen LogP contribution in [0.3, 0.4) is 0 Å². The largest absolute Gasteiger partial charge is 0.391 e. The van der Waals surface area contributed by atoms with Crippen LogP contribution in [-0.4, -0.2) is 47.2 Å². The van der Waals surface area contributed by atoms with Gasteiger partial charge in [0.05, 0.1) is 11.7 Å². The molecule has 2 heterocycles. The molecule has 0 bridgehead atoms. The number of hydrogen-bond acceptors (Lipinski definition) is 4. The summed E-state index contributed by atoms with van der Waals surface area (Å²) in [4.78, 5) is 17.1. The Morgan fingerprint density at radius 2 is 1.91 bits per heavy atom. The summed E-state index contributed by atoms with van der Waals surface area (Å²) in [6.07, 6.45) is 6.25. The Morgan fingerprint density at radius 1 is 1.22 bits per heavy atom. The Morgan fingerprint density at radius 3 is 2.52 bits per heavy atom. The number of aliphatic hydroxyl groups is 1. The predicted octanol–water partition coefficient (Wildman–Crippen LogP) is 2.86. The fraction of sp³-hybridized carbons (Fsp3) is 0.722. The molecular weight excluding hydrogens is 308 g/mol. The minimum Gasteiger partial charge on any atom is -0.391 e. The van der Waals surface area contributed by atoms with Crippen LogP contribution in [0.25, 0.3) is 0 Å². The van der Waals surface area contributed by atoms with Gasteiger partial charge in [0.2, 0.25) is 0 Å². The van der Waals surface area contributed by atoms with Crippen LogP contribution < -0.4 is 5.32 Å². The quantitative estimate of drug-likeness (QED) is 0.892. The molecule has 2 unspecified atom stereocenters. The van der Waals surface area contributed by atoms with Gasteiger partial charge >= 0.3 is 0 Å². The molecule has 2 fully saturated rings. The number of aliphatic hydroxyl groups excluding tert-OH is 1. The number of nitrogens with one attached hydrogen (secondary N) is 1. The molecule has 0 spiro atoms. The summed E-state index contributed by atoms with van der Waals surface area (Å²) >= 11 is 1.68. The summed E-state index contributed by atoms with van der Waals surface area (Å²) in [5.74, 6) is 0.0722. The third-order valence-electron chi connectivity index (χ3n) is 5.31. The van der Waals surface area contributed by atoms with E-state index in [1.165, 1.54) is 11.3 Å². The lowest BCUT2D eigenvalue weighted by atomic mass is 9.89. The van der Waals surface area contributed by atoms with E-state index in [4.69, 9.17) is 0 Å². The molecule has 1 aliphatic carbocycles. The van der Waals surface area contributed by atoms with Gasteiger partial charge in [-0.15, -0.1) is 11.3 Å². The van der Waals surface area contributed by atoms with Crippen molar-refractivity contribution in [1.82, 2.24) is 10.2 Å². The van der Waals surface area contributed by atoms with Crippen molar-refractivity contribution < 1.29 is 9.90 Å². The highest BCUT2D eigenvalue weighted by Gasteiger charge is 2.31. The van der Waals surface area contributed by atoms with E-state index in [1.807, 2.05) is 19.9 Å². The lowest BCUT2D eigenvalue weighted by molar-refractivity contribution is 0.00727. The average Bonchev–Trinajstić information content (AvgIpc) is 2.87. The van der Waals surface area contributed by atoms with Crippen molar-refractivity contribution >= 4 is 17.2 Å². The summed E-state index contributed by atoms with van der Waals surface area (Å²) < 4.78 is 0. The molecule has 1 saturated heterocycles. The van der Waals surface area contributed by atoms with Crippen molar-refractivity contribution in [2.24, 2.45) is 0 Å². The first-order valence-corrected chi connectivity index (χ1v) is 9.66. The smallest absolute Gasteiger partial charge is 0.252 e. The van der Waals surface area contributed by atoms with Crippen molar-refractivity contribution in [3.05, 3.63) is 21.4 Å². The van der Waals surface area contributed by atoms with E-state index in [0.717, 1.165) is 55.6 Å². The molecule has 2 atom stereocenters. The van der Waals surface area contributed by atoms with Gasteiger partial charge in [0.25, 0.3) is 5.91 Å². The van der Waals surface area contributed by atoms with Crippen LogP contribution in [0.1, 0.15) is 58.6 Å². The van der Waals surface area contributed by atoms with Crippen LogP contribution in [0.15, 0.2) is 6.07 Å². The van der Waals surface area contributed by atoms with Crippen LogP contribution in [0.2, 0.25) is 0 Å². The normalized spacial score (nSPS) is 27.1. The maximum Gasteiger partial charge on any atom is 0.252 e. The fourth-order valence-corrected chi connectivity index (χ4v) is 4.93. The topological polar surface area (TPSA) is 52.6 Å². The molecule has 128 valence electrons. The van der Waals surface area contributed by atoms with Gasteiger partial charge in [-0.2, -0.15) is 0 Å². The zero-order valence-electron chi connectivity index (χ0n) is 14.2. The molecule has 1 amide bonds. The molecule has 2 N–H and O–H groups in total. The van der Waals surface area contributed by atoms with Crippen LogP contribution >= 0.6 is 11.3 Å². The molecule has 2 aliphatic rings. The summed E-state index contributed by atoms with van der Waals surface area (Å²) in [7, 11) is 0. The van der Waals surface area contributed by atoms with Crippen LogP contribution in [0.4, 0.5) is 0 Å². The SMILES string of the molecule is Cc1cc(C(=O)NC2CCN(C3CCCCC3O)CC2)c(C)s1. The second-order valence-corrected chi connectivity index (χ2v) is 8.49. The first-order valence-electron chi connectivity index (χ1n) is 8.84. The Labute approximate surface area is 142 Å². The van der Waals surface area contributed by atoms with E-state index >= 15 is 0 Å². The summed E-state index contributed by atoms with van der Waals surface area (Å²) in [6, 6.07) is 2.59. The van der Waals surface area contributed by atoms with Gasteiger partial charge in [-0.3, -0.25) is 9.69 Å². The number of aryl methyl sites for hydroxylation is 2. The Balaban J connectivity index is 1.51. The monoisotopic (exact) mass is 336 g/mol. The first-order chi connectivity index (χ1) is 11.0. The molecule has 1 saturated carbocycles. The van der Waals surface area contributed by atoms with E-state index in [0.29, 0.717) is 6.04 Å². The molecule has 5 heteroatoms. The third kappa shape index (κ3) is 3.95. The summed E-state index contributed by atoms with van der Waals surface area (Å²) in [5.41, 5.74) is 0.831. The van der Waals surface area contributed by atoms with Crippen LogP contribution in [0.5, 0.6) is 0 Å². The van der Waals surface area contributed by atoms with Crippen molar-refractivity contribution in [2.75, 3.05) is 13.1 Å². The molecule has 0 radical (unpaired) electrons. The zero-order chi connectivity index (χ0) is 16.4. The van der Waals surface area contributed by atoms with Crippen molar-refractivity contribution in [3.8, 4) is 0 Å². The Hall–Kier alpha value is -0.910. The number of piperidine rings is 1. The molecule has 1 aliphatic heterocycles. The molecule has 4 nitrogen and oxygen atoms in total. The highest BCUT2D eigenvalue weighted by Crippen LogP contribution is 2.26. The van der Waals surface area contributed by atoms with Crippen molar-refractivity contribution in [3.63, 3.8) is 0 Å². The van der Waals surface area contributed by atoms with E-state index in [-0.39, 0.29) is 18.1 Å². The average molecular weight is 337 g/mol. The second kappa shape index (κ2) is 7.32. The Kier molecular flexibility index (Phi) is 5.39. The van der Waals surface area contributed by atoms with Gasteiger partial charge in [-0.25, -0.2) is 0 Å². The second-order valence-electron chi connectivity index (χ2n) is 7.03. The Bertz CT molecular complexity index is 549. The molecule has 23 heavy (non-hydrogen) atoms. The maximum absolute atomic E-state index is 12.4. The lowest BCUT2D eigenvalue weighted by Crippen LogP contribution is -2.52. The predicted molar refractivity (Wildman–Crippen MR) is 94.1 cm³/mol. The number of hydrogen-bond donors (Lipinski definition) is 2. The maximum atomic E-state index is 12.4. The minimum atomic E-state index is -0.161. The summed E-state index contributed by atoms with van der Waals surface area (Å²) in [5, 5.41) is 13.4. The van der Waals surface area contributed by atoms with Gasteiger partial charge in [0.15, 0.2) is 0 Å². The molecule has 3 rings (SSSR count). The standard InChI is InChI=1S/C18H28N2O2S/c1-12-11-15(13(2)23-12)18(22)19-14-7-9-20(10-8-14)16-5-3-4-6-17(16)21/h11,14,16-17,21H,3-10H2,1-2H3,(H,19,22). The summed E-state index contributed by atoms with van der Waals surface area (Å²) in [6.45, 7) is 6.02. The number of amides is 1. The van der Waals surface area contributed by atoms with Gasteiger partial charge in [-0.05, 0) is 45.6 Å². The van der Waals surface area contributed by atoms with E-state index in [1.54, 1.807) is 11.3 Å². The highest BCUT2D eigenvalue weighted by atomic mass is 32.1. The fourth-order valence-electron chi connectivity index (χ4n) is 4.01. The van der Waals surface area contributed by atoms with Crippen molar-refractivity contribution in [2.45, 2.75) is 70.6 Å². The zero-order valence-corrected chi connectivity index (χ0v) is 15.0. The van der Waals surface area contributed by atoms with Gasteiger partial charge in [0, 0.05) is 34.9 Å². The first kappa shape index (κ1) is 16.9. The van der Waals surface area contributed by atoms with Gasteiger partial charge < -0.3 is 10.4 Å².